The third-order valence-corrected chi connectivity index (χ3v) is 5.41. The lowest BCUT2D eigenvalue weighted by Crippen LogP contribution is -2.43. The van der Waals surface area contributed by atoms with E-state index in [9.17, 15) is 14.4 Å². The van der Waals surface area contributed by atoms with Crippen LogP contribution < -0.4 is 10.6 Å². The fourth-order valence-corrected chi connectivity index (χ4v) is 3.49. The second-order valence-electron chi connectivity index (χ2n) is 7.92. The Morgan fingerprint density at radius 3 is 2.21 bits per heavy atom. The fourth-order valence-electron chi connectivity index (χ4n) is 3.49. The minimum absolute atomic E-state index is 0.223. The van der Waals surface area contributed by atoms with E-state index in [2.05, 4.69) is 24.5 Å². The second-order valence-corrected chi connectivity index (χ2v) is 7.92. The SMILES string of the molecule is CC(C)c1ccc(C2(C)NC(=O)N(CC(=O)NC(C)c3ccccc3)C2=O)cc1. The van der Waals surface area contributed by atoms with Crippen LogP contribution in [0.25, 0.3) is 0 Å². The van der Waals surface area contributed by atoms with Gasteiger partial charge in [-0.3, -0.25) is 14.5 Å². The molecule has 6 heteroatoms. The molecule has 152 valence electrons. The zero-order chi connectivity index (χ0) is 21.2. The standard InChI is InChI=1S/C23H27N3O3/c1-15(2)17-10-12-19(13-11-17)23(4)21(28)26(22(29)25-23)14-20(27)24-16(3)18-8-6-5-7-9-18/h5-13,15-16H,14H2,1-4H3,(H,24,27)(H,25,29). The van der Waals surface area contributed by atoms with Gasteiger partial charge in [0.1, 0.15) is 12.1 Å². The minimum Gasteiger partial charge on any atom is -0.348 e. The van der Waals surface area contributed by atoms with Crippen LogP contribution in [-0.2, 0) is 15.1 Å². The molecule has 2 aromatic carbocycles. The molecule has 2 unspecified atom stereocenters. The predicted octanol–water partition coefficient (Wildman–Crippen LogP) is 3.45. The highest BCUT2D eigenvalue weighted by Gasteiger charge is 2.49. The van der Waals surface area contributed by atoms with Crippen molar-refractivity contribution in [3.8, 4) is 0 Å². The molecule has 1 heterocycles. The first-order chi connectivity index (χ1) is 13.7. The van der Waals surface area contributed by atoms with Crippen LogP contribution in [0.2, 0.25) is 0 Å². The number of imide groups is 1. The molecule has 1 saturated heterocycles. The van der Waals surface area contributed by atoms with Crippen LogP contribution >= 0.6 is 0 Å². The molecule has 2 atom stereocenters. The number of nitrogens with zero attached hydrogens (tertiary/aromatic N) is 1. The van der Waals surface area contributed by atoms with Gasteiger partial charge in [0.2, 0.25) is 5.91 Å². The maximum absolute atomic E-state index is 13.0. The Hall–Kier alpha value is -3.15. The summed E-state index contributed by atoms with van der Waals surface area (Å²) in [6, 6.07) is 16.4. The minimum atomic E-state index is -1.18. The summed E-state index contributed by atoms with van der Waals surface area (Å²) in [5.74, 6) is -0.441. The number of carbonyl (C=O) groups is 3. The summed E-state index contributed by atoms with van der Waals surface area (Å²) in [5, 5.41) is 5.58. The molecular formula is C23H27N3O3. The molecule has 1 aliphatic rings. The van der Waals surface area contributed by atoms with Gasteiger partial charge in [-0.1, -0.05) is 68.4 Å². The van der Waals surface area contributed by atoms with E-state index >= 15 is 0 Å². The maximum Gasteiger partial charge on any atom is 0.325 e. The maximum atomic E-state index is 13.0. The van der Waals surface area contributed by atoms with Crippen molar-refractivity contribution in [3.05, 3.63) is 71.3 Å². The quantitative estimate of drug-likeness (QED) is 0.738. The molecule has 6 nitrogen and oxygen atoms in total. The van der Waals surface area contributed by atoms with Crippen molar-refractivity contribution < 1.29 is 14.4 Å². The zero-order valence-corrected chi connectivity index (χ0v) is 17.2. The average Bonchev–Trinajstić information content (AvgIpc) is 2.92. The van der Waals surface area contributed by atoms with E-state index in [1.165, 1.54) is 0 Å². The molecule has 0 aromatic heterocycles. The molecule has 0 spiro atoms. The molecule has 0 saturated carbocycles. The highest BCUT2D eigenvalue weighted by molar-refractivity contribution is 6.09. The summed E-state index contributed by atoms with van der Waals surface area (Å²) in [7, 11) is 0. The van der Waals surface area contributed by atoms with Crippen LogP contribution in [0.5, 0.6) is 0 Å². The van der Waals surface area contributed by atoms with Gasteiger partial charge in [-0.25, -0.2) is 4.79 Å². The van der Waals surface area contributed by atoms with Gasteiger partial charge >= 0.3 is 6.03 Å². The first-order valence-corrected chi connectivity index (χ1v) is 9.81. The lowest BCUT2D eigenvalue weighted by atomic mass is 9.90. The van der Waals surface area contributed by atoms with Crippen LogP contribution in [-0.4, -0.2) is 29.3 Å². The van der Waals surface area contributed by atoms with Crippen molar-refractivity contribution in [1.29, 1.82) is 0 Å². The first kappa shape index (κ1) is 20.6. The number of rotatable bonds is 6. The van der Waals surface area contributed by atoms with Gasteiger partial charge in [0, 0.05) is 0 Å². The highest BCUT2D eigenvalue weighted by atomic mass is 16.2. The van der Waals surface area contributed by atoms with E-state index in [0.717, 1.165) is 16.0 Å². The normalized spacial score (nSPS) is 20.0. The number of nitrogens with one attached hydrogen (secondary N) is 2. The highest BCUT2D eigenvalue weighted by Crippen LogP contribution is 2.30. The monoisotopic (exact) mass is 393 g/mol. The van der Waals surface area contributed by atoms with Gasteiger partial charge in [0.05, 0.1) is 6.04 Å². The van der Waals surface area contributed by atoms with E-state index < -0.39 is 17.5 Å². The number of amides is 4. The van der Waals surface area contributed by atoms with Gasteiger partial charge < -0.3 is 10.6 Å². The van der Waals surface area contributed by atoms with Crippen LogP contribution in [0.3, 0.4) is 0 Å². The Bertz CT molecular complexity index is 909. The molecule has 3 rings (SSSR count). The number of hydrogen-bond donors (Lipinski definition) is 2. The van der Waals surface area contributed by atoms with Gasteiger partial charge in [0.25, 0.3) is 5.91 Å². The summed E-state index contributed by atoms with van der Waals surface area (Å²) in [4.78, 5) is 38.9. The van der Waals surface area contributed by atoms with Crippen molar-refractivity contribution in [2.45, 2.75) is 45.2 Å². The third kappa shape index (κ3) is 4.16. The Morgan fingerprint density at radius 2 is 1.62 bits per heavy atom. The van der Waals surface area contributed by atoms with Crippen LogP contribution in [0.4, 0.5) is 4.79 Å². The molecule has 1 fully saturated rings. The Balaban J connectivity index is 1.70. The summed E-state index contributed by atoms with van der Waals surface area (Å²) in [6.45, 7) is 7.40. The van der Waals surface area contributed by atoms with E-state index in [0.29, 0.717) is 11.5 Å². The van der Waals surface area contributed by atoms with Crippen molar-refractivity contribution in [1.82, 2.24) is 15.5 Å². The Kier molecular flexibility index (Phi) is 5.73. The third-order valence-electron chi connectivity index (χ3n) is 5.41. The zero-order valence-electron chi connectivity index (χ0n) is 17.2. The van der Waals surface area contributed by atoms with Crippen molar-refractivity contribution in [3.63, 3.8) is 0 Å². The van der Waals surface area contributed by atoms with Crippen molar-refractivity contribution in [2.24, 2.45) is 0 Å². The van der Waals surface area contributed by atoms with Gasteiger partial charge in [0.15, 0.2) is 0 Å². The van der Waals surface area contributed by atoms with Crippen LogP contribution in [0.15, 0.2) is 54.6 Å². The number of urea groups is 1. The Labute approximate surface area is 171 Å². The lowest BCUT2D eigenvalue weighted by molar-refractivity contribution is -0.135. The number of hydrogen-bond acceptors (Lipinski definition) is 3. The number of carbonyl (C=O) groups excluding carboxylic acids is 3. The summed E-state index contributed by atoms with van der Waals surface area (Å²) >= 11 is 0. The van der Waals surface area contributed by atoms with Crippen LogP contribution in [0, 0.1) is 0 Å². The van der Waals surface area contributed by atoms with E-state index in [-0.39, 0.29) is 18.5 Å². The van der Waals surface area contributed by atoms with Crippen molar-refractivity contribution >= 4 is 17.8 Å². The predicted molar refractivity (Wildman–Crippen MR) is 111 cm³/mol. The summed E-state index contributed by atoms with van der Waals surface area (Å²) in [6.07, 6.45) is 0. The second kappa shape index (κ2) is 8.07. The van der Waals surface area contributed by atoms with Crippen molar-refractivity contribution in [2.75, 3.05) is 6.54 Å². The van der Waals surface area contributed by atoms with Gasteiger partial charge in [-0.2, -0.15) is 0 Å². The molecule has 0 radical (unpaired) electrons. The molecule has 4 amide bonds. The van der Waals surface area contributed by atoms with Crippen LogP contribution in [0.1, 0.15) is 56.3 Å². The summed E-state index contributed by atoms with van der Waals surface area (Å²) in [5.41, 5.74) is 1.62. The van der Waals surface area contributed by atoms with Gasteiger partial charge in [-0.05, 0) is 36.5 Å². The molecule has 0 aliphatic carbocycles. The topological polar surface area (TPSA) is 78.5 Å². The molecule has 2 aromatic rings. The molecule has 1 aliphatic heterocycles. The van der Waals surface area contributed by atoms with E-state index in [1.807, 2.05) is 61.5 Å². The van der Waals surface area contributed by atoms with E-state index in [1.54, 1.807) is 6.92 Å². The smallest absolute Gasteiger partial charge is 0.325 e. The fraction of sp³-hybridized carbons (Fsp3) is 0.348. The number of benzene rings is 2. The molecule has 0 bridgehead atoms. The Morgan fingerprint density at radius 1 is 1.00 bits per heavy atom. The molecule has 29 heavy (non-hydrogen) atoms. The van der Waals surface area contributed by atoms with Gasteiger partial charge in [-0.15, -0.1) is 0 Å². The average molecular weight is 393 g/mol. The largest absolute Gasteiger partial charge is 0.348 e. The van der Waals surface area contributed by atoms with E-state index in [4.69, 9.17) is 0 Å². The molecule has 2 N–H and O–H groups in total. The lowest BCUT2D eigenvalue weighted by Gasteiger charge is -2.23. The summed E-state index contributed by atoms with van der Waals surface area (Å²) < 4.78 is 0. The first-order valence-electron chi connectivity index (χ1n) is 9.81. The molecular weight excluding hydrogens is 366 g/mol.